The minimum absolute atomic E-state index is 0.138. The van der Waals surface area contributed by atoms with Crippen LogP contribution in [0, 0.1) is 0 Å². The summed E-state index contributed by atoms with van der Waals surface area (Å²) in [6.07, 6.45) is 0.859. The molecule has 0 bridgehead atoms. The SMILES string of the molecule is CCOC(=O)c1ccccc1NC(=O)C[NH+]1CCc2cc(OC)c(OC)cc2C1. The van der Waals surface area contributed by atoms with E-state index in [1.807, 2.05) is 12.1 Å². The number of fused-ring (bicyclic) bond motifs is 1. The van der Waals surface area contributed by atoms with Crippen molar-refractivity contribution in [3.63, 3.8) is 0 Å². The van der Waals surface area contributed by atoms with Crippen molar-refractivity contribution in [1.82, 2.24) is 0 Å². The lowest BCUT2D eigenvalue weighted by Gasteiger charge is -2.26. The second-order valence-electron chi connectivity index (χ2n) is 6.89. The lowest BCUT2D eigenvalue weighted by atomic mass is 9.99. The summed E-state index contributed by atoms with van der Waals surface area (Å²) in [7, 11) is 3.25. The number of quaternary nitrogens is 1. The predicted molar refractivity (Wildman–Crippen MR) is 109 cm³/mol. The molecule has 0 saturated heterocycles. The lowest BCUT2D eigenvalue weighted by molar-refractivity contribution is -0.907. The van der Waals surface area contributed by atoms with Gasteiger partial charge in [-0.25, -0.2) is 4.79 Å². The molecule has 0 fully saturated rings. The number of anilines is 1. The Labute approximate surface area is 170 Å². The molecule has 1 amide bonds. The van der Waals surface area contributed by atoms with Crippen LogP contribution in [0.1, 0.15) is 28.4 Å². The summed E-state index contributed by atoms with van der Waals surface area (Å²) >= 11 is 0. The van der Waals surface area contributed by atoms with Crippen LogP contribution in [-0.4, -0.2) is 45.8 Å². The minimum Gasteiger partial charge on any atom is -0.493 e. The van der Waals surface area contributed by atoms with Crippen molar-refractivity contribution >= 4 is 17.6 Å². The van der Waals surface area contributed by atoms with Gasteiger partial charge >= 0.3 is 5.97 Å². The number of amides is 1. The molecule has 29 heavy (non-hydrogen) atoms. The molecule has 0 spiro atoms. The highest BCUT2D eigenvalue weighted by Gasteiger charge is 2.24. The number of para-hydroxylation sites is 1. The summed E-state index contributed by atoms with van der Waals surface area (Å²) in [5.41, 5.74) is 3.21. The topological polar surface area (TPSA) is 78.3 Å². The largest absolute Gasteiger partial charge is 0.493 e. The Balaban J connectivity index is 1.67. The maximum Gasteiger partial charge on any atom is 0.340 e. The molecule has 2 N–H and O–H groups in total. The normalized spacial score (nSPS) is 15.2. The van der Waals surface area contributed by atoms with Crippen molar-refractivity contribution in [3.8, 4) is 11.5 Å². The highest BCUT2D eigenvalue weighted by molar-refractivity contribution is 6.01. The zero-order valence-corrected chi connectivity index (χ0v) is 17.0. The van der Waals surface area contributed by atoms with Crippen LogP contribution in [0.4, 0.5) is 5.69 Å². The lowest BCUT2D eigenvalue weighted by Crippen LogP contribution is -3.12. The second kappa shape index (κ2) is 9.43. The van der Waals surface area contributed by atoms with Crippen molar-refractivity contribution in [3.05, 3.63) is 53.1 Å². The highest BCUT2D eigenvalue weighted by atomic mass is 16.5. The van der Waals surface area contributed by atoms with Gasteiger partial charge in [-0.1, -0.05) is 12.1 Å². The van der Waals surface area contributed by atoms with Crippen LogP contribution in [0.3, 0.4) is 0 Å². The molecular formula is C22H27N2O5+. The molecule has 1 heterocycles. The van der Waals surface area contributed by atoms with Crippen molar-refractivity contribution in [2.24, 2.45) is 0 Å². The van der Waals surface area contributed by atoms with Crippen LogP contribution in [0.2, 0.25) is 0 Å². The van der Waals surface area contributed by atoms with Crippen molar-refractivity contribution < 1.29 is 28.7 Å². The van der Waals surface area contributed by atoms with E-state index in [1.165, 1.54) is 5.56 Å². The molecule has 154 valence electrons. The zero-order valence-electron chi connectivity index (χ0n) is 17.0. The molecule has 2 aromatic carbocycles. The third-order valence-corrected chi connectivity index (χ3v) is 5.00. The van der Waals surface area contributed by atoms with Crippen LogP contribution in [-0.2, 0) is 22.5 Å². The molecule has 1 aliphatic rings. The first kappa shape index (κ1) is 20.7. The van der Waals surface area contributed by atoms with Crippen molar-refractivity contribution in [2.45, 2.75) is 19.9 Å². The van der Waals surface area contributed by atoms with Gasteiger partial charge in [0.1, 0.15) is 6.54 Å². The Bertz CT molecular complexity index is 897. The Morgan fingerprint density at radius 2 is 1.76 bits per heavy atom. The molecule has 0 saturated carbocycles. The summed E-state index contributed by atoms with van der Waals surface area (Å²) in [5.74, 6) is 0.840. The van der Waals surface area contributed by atoms with E-state index < -0.39 is 5.97 Å². The summed E-state index contributed by atoms with van der Waals surface area (Å²) in [6, 6.07) is 10.9. The molecule has 1 aliphatic heterocycles. The fourth-order valence-corrected chi connectivity index (χ4v) is 3.58. The molecule has 3 rings (SSSR count). The quantitative estimate of drug-likeness (QED) is 0.690. The van der Waals surface area contributed by atoms with Gasteiger partial charge in [-0.3, -0.25) is 4.79 Å². The third-order valence-electron chi connectivity index (χ3n) is 5.00. The first-order chi connectivity index (χ1) is 14.0. The maximum atomic E-state index is 12.6. The van der Waals surface area contributed by atoms with E-state index in [-0.39, 0.29) is 12.5 Å². The minimum atomic E-state index is -0.441. The first-order valence-electron chi connectivity index (χ1n) is 9.69. The van der Waals surface area contributed by atoms with E-state index in [4.69, 9.17) is 14.2 Å². The monoisotopic (exact) mass is 399 g/mol. The van der Waals surface area contributed by atoms with Crippen LogP contribution in [0.15, 0.2) is 36.4 Å². The first-order valence-corrected chi connectivity index (χ1v) is 9.69. The molecule has 0 radical (unpaired) electrons. The van der Waals surface area contributed by atoms with E-state index in [0.29, 0.717) is 23.5 Å². The van der Waals surface area contributed by atoms with E-state index in [1.54, 1.807) is 45.4 Å². The van der Waals surface area contributed by atoms with Crippen LogP contribution < -0.4 is 19.7 Å². The number of nitrogens with one attached hydrogen (secondary N) is 2. The zero-order chi connectivity index (χ0) is 20.8. The van der Waals surface area contributed by atoms with Gasteiger partial charge in [-0.2, -0.15) is 0 Å². The average molecular weight is 399 g/mol. The Morgan fingerprint density at radius 3 is 2.45 bits per heavy atom. The van der Waals surface area contributed by atoms with Gasteiger partial charge in [0.05, 0.1) is 38.6 Å². The third kappa shape index (κ3) is 4.86. The molecule has 0 aliphatic carbocycles. The number of methoxy groups -OCH3 is 2. The molecular weight excluding hydrogens is 372 g/mol. The fraction of sp³-hybridized carbons (Fsp3) is 0.364. The summed E-state index contributed by atoms with van der Waals surface area (Å²) in [6.45, 7) is 3.91. The summed E-state index contributed by atoms with van der Waals surface area (Å²) in [4.78, 5) is 25.9. The Hall–Kier alpha value is -3.06. The van der Waals surface area contributed by atoms with Crippen LogP contribution in [0.5, 0.6) is 11.5 Å². The number of benzene rings is 2. The van der Waals surface area contributed by atoms with E-state index in [2.05, 4.69) is 5.32 Å². The van der Waals surface area contributed by atoms with E-state index in [9.17, 15) is 9.59 Å². The van der Waals surface area contributed by atoms with Crippen molar-refractivity contribution in [1.29, 1.82) is 0 Å². The van der Waals surface area contributed by atoms with Gasteiger partial charge in [0.15, 0.2) is 18.0 Å². The number of carbonyl (C=O) groups is 2. The van der Waals surface area contributed by atoms with Crippen molar-refractivity contribution in [2.75, 3.05) is 39.2 Å². The highest BCUT2D eigenvalue weighted by Crippen LogP contribution is 2.31. The molecule has 2 aromatic rings. The van der Waals surface area contributed by atoms with E-state index >= 15 is 0 Å². The van der Waals surface area contributed by atoms with E-state index in [0.717, 1.165) is 35.7 Å². The number of esters is 1. The van der Waals surface area contributed by atoms with Gasteiger partial charge in [-0.15, -0.1) is 0 Å². The number of ether oxygens (including phenoxy) is 3. The number of hydrogen-bond acceptors (Lipinski definition) is 5. The predicted octanol–water partition coefficient (Wildman–Crippen LogP) is 1.46. The molecule has 1 atom stereocenters. The van der Waals surface area contributed by atoms with Crippen LogP contribution >= 0.6 is 0 Å². The smallest absolute Gasteiger partial charge is 0.340 e. The number of rotatable bonds is 7. The van der Waals surface area contributed by atoms with Gasteiger partial charge in [-0.05, 0) is 36.8 Å². The Morgan fingerprint density at radius 1 is 1.07 bits per heavy atom. The van der Waals surface area contributed by atoms with Gasteiger partial charge in [0, 0.05) is 12.0 Å². The molecule has 7 nitrogen and oxygen atoms in total. The molecule has 7 heteroatoms. The van der Waals surface area contributed by atoms with Gasteiger partial charge in [0.25, 0.3) is 5.91 Å². The Kier molecular flexibility index (Phi) is 6.72. The summed E-state index contributed by atoms with van der Waals surface area (Å²) < 4.78 is 15.8. The number of carbonyl (C=O) groups excluding carboxylic acids is 2. The number of hydrogen-bond donors (Lipinski definition) is 2. The molecule has 0 aromatic heterocycles. The average Bonchev–Trinajstić information content (AvgIpc) is 2.73. The fourth-order valence-electron chi connectivity index (χ4n) is 3.58. The maximum absolute atomic E-state index is 12.6. The second-order valence-corrected chi connectivity index (χ2v) is 6.89. The summed E-state index contributed by atoms with van der Waals surface area (Å²) in [5, 5.41) is 2.86. The van der Waals surface area contributed by atoms with Crippen LogP contribution in [0.25, 0.3) is 0 Å². The van der Waals surface area contributed by atoms with Gasteiger partial charge < -0.3 is 24.4 Å². The molecule has 1 unspecified atom stereocenters. The standard InChI is InChI=1S/C22H26N2O5/c1-4-29-22(26)17-7-5-6-8-18(17)23-21(25)14-24-10-9-15-11-19(27-2)20(28-3)12-16(15)13-24/h5-8,11-12H,4,9-10,13-14H2,1-3H3,(H,23,25)/p+1. The van der Waals surface area contributed by atoms with Gasteiger partial charge in [0.2, 0.25) is 0 Å².